The van der Waals surface area contributed by atoms with Crippen LogP contribution >= 0.6 is 0 Å². The van der Waals surface area contributed by atoms with Crippen LogP contribution in [0.5, 0.6) is 0 Å². The number of halogens is 3. The zero-order chi connectivity index (χ0) is 16.9. The monoisotopic (exact) mass is 329 g/mol. The number of pyridine rings is 1. The molecule has 1 aromatic rings. The average Bonchev–Trinajstić information content (AvgIpc) is 2.53. The van der Waals surface area contributed by atoms with Crippen LogP contribution in [-0.2, 0) is 10.9 Å². The number of rotatable bonds is 5. The first-order valence-corrected chi connectivity index (χ1v) is 7.15. The average molecular weight is 329 g/mol. The van der Waals surface area contributed by atoms with Gasteiger partial charge in [0, 0.05) is 31.1 Å². The van der Waals surface area contributed by atoms with Crippen LogP contribution in [-0.4, -0.2) is 29.6 Å². The van der Waals surface area contributed by atoms with Gasteiger partial charge in [-0.3, -0.25) is 15.2 Å². The van der Waals surface area contributed by atoms with E-state index in [1.54, 1.807) is 6.08 Å². The number of ether oxygens (including phenoxy) is 1. The second-order valence-corrected chi connectivity index (χ2v) is 5.38. The number of alkyl halides is 3. The number of hydrogen-bond acceptors (Lipinski definition) is 4. The Morgan fingerprint density at radius 1 is 1.43 bits per heavy atom. The summed E-state index contributed by atoms with van der Waals surface area (Å²) in [5.74, 6) is -0.875. The lowest BCUT2D eigenvalue weighted by molar-refractivity contribution is -0.138. The maximum atomic E-state index is 12.9. The van der Waals surface area contributed by atoms with Crippen LogP contribution in [0, 0.1) is 0 Å². The minimum Gasteiger partial charge on any atom is -0.381 e. The van der Waals surface area contributed by atoms with Crippen molar-refractivity contribution in [3.8, 4) is 0 Å². The van der Waals surface area contributed by atoms with Crippen molar-refractivity contribution in [2.75, 3.05) is 13.2 Å². The summed E-state index contributed by atoms with van der Waals surface area (Å²) in [6.45, 7) is 4.70. The van der Waals surface area contributed by atoms with Crippen LogP contribution < -0.4 is 10.9 Å². The van der Waals surface area contributed by atoms with Gasteiger partial charge in [0.2, 0.25) is 0 Å². The predicted molar refractivity (Wildman–Crippen MR) is 77.4 cm³/mol. The van der Waals surface area contributed by atoms with Gasteiger partial charge in [-0.15, -0.1) is 6.58 Å². The van der Waals surface area contributed by atoms with Crippen LogP contribution in [0.15, 0.2) is 31.1 Å². The number of nitrogens with zero attached hydrogens (tertiary/aromatic N) is 1. The molecule has 0 radical (unpaired) electrons. The van der Waals surface area contributed by atoms with Crippen molar-refractivity contribution in [2.45, 2.75) is 31.0 Å². The molecule has 23 heavy (non-hydrogen) atoms. The molecule has 0 aliphatic carbocycles. The van der Waals surface area contributed by atoms with E-state index in [-0.39, 0.29) is 0 Å². The van der Waals surface area contributed by atoms with Gasteiger partial charge in [-0.1, -0.05) is 6.08 Å². The molecule has 5 nitrogen and oxygen atoms in total. The number of carbonyl (C=O) groups is 1. The minimum atomic E-state index is -4.62. The molecule has 1 aromatic heterocycles. The van der Waals surface area contributed by atoms with Gasteiger partial charge in [-0.25, -0.2) is 5.43 Å². The topological polar surface area (TPSA) is 63.2 Å². The maximum Gasteiger partial charge on any atom is 0.417 e. The van der Waals surface area contributed by atoms with Crippen molar-refractivity contribution in [3.05, 3.63) is 42.2 Å². The van der Waals surface area contributed by atoms with Gasteiger partial charge in [-0.2, -0.15) is 13.2 Å². The fraction of sp³-hybridized carbons (Fsp3) is 0.467. The van der Waals surface area contributed by atoms with E-state index < -0.39 is 28.7 Å². The van der Waals surface area contributed by atoms with E-state index >= 15 is 0 Å². The molecule has 0 saturated carbocycles. The molecular formula is C15H18F3N3O2. The largest absolute Gasteiger partial charge is 0.417 e. The smallest absolute Gasteiger partial charge is 0.381 e. The Labute approximate surface area is 131 Å². The zero-order valence-electron chi connectivity index (χ0n) is 12.4. The van der Waals surface area contributed by atoms with E-state index in [2.05, 4.69) is 22.4 Å². The molecule has 1 amide bonds. The molecule has 2 heterocycles. The van der Waals surface area contributed by atoms with Crippen molar-refractivity contribution in [3.63, 3.8) is 0 Å². The van der Waals surface area contributed by atoms with Crippen molar-refractivity contribution >= 4 is 5.91 Å². The highest BCUT2D eigenvalue weighted by Crippen LogP contribution is 2.31. The second kappa shape index (κ2) is 7.10. The molecule has 2 rings (SSSR count). The molecule has 0 atom stereocenters. The SMILES string of the molecule is C=CCC1(NNC(=O)c2cnccc2C(F)(F)F)CCOCC1. The first-order valence-electron chi connectivity index (χ1n) is 7.15. The summed E-state index contributed by atoms with van der Waals surface area (Å²) in [6.07, 6.45) is 0.810. The second-order valence-electron chi connectivity index (χ2n) is 5.38. The predicted octanol–water partition coefficient (Wildman–Crippen LogP) is 2.46. The summed E-state index contributed by atoms with van der Waals surface area (Å²) >= 11 is 0. The van der Waals surface area contributed by atoms with Crippen molar-refractivity contribution in [1.82, 2.24) is 15.8 Å². The van der Waals surface area contributed by atoms with Gasteiger partial charge in [-0.05, 0) is 25.3 Å². The highest BCUT2D eigenvalue weighted by atomic mass is 19.4. The fourth-order valence-corrected chi connectivity index (χ4v) is 2.50. The summed E-state index contributed by atoms with van der Waals surface area (Å²) in [7, 11) is 0. The van der Waals surface area contributed by atoms with Crippen LogP contribution in [0.2, 0.25) is 0 Å². The third-order valence-electron chi connectivity index (χ3n) is 3.80. The molecule has 1 saturated heterocycles. The van der Waals surface area contributed by atoms with Gasteiger partial charge >= 0.3 is 6.18 Å². The maximum absolute atomic E-state index is 12.9. The molecule has 0 unspecified atom stereocenters. The van der Waals surface area contributed by atoms with E-state index in [1.165, 1.54) is 0 Å². The number of nitrogens with one attached hydrogen (secondary N) is 2. The summed E-state index contributed by atoms with van der Waals surface area (Å²) < 4.78 is 44.1. The lowest BCUT2D eigenvalue weighted by Crippen LogP contribution is -2.56. The molecule has 2 N–H and O–H groups in total. The third-order valence-corrected chi connectivity index (χ3v) is 3.80. The van der Waals surface area contributed by atoms with E-state index in [0.717, 1.165) is 18.5 Å². The summed E-state index contributed by atoms with van der Waals surface area (Å²) in [4.78, 5) is 15.7. The molecule has 1 aliphatic heterocycles. The number of hydrazine groups is 1. The van der Waals surface area contributed by atoms with Crippen molar-refractivity contribution < 1.29 is 22.7 Å². The molecule has 0 spiro atoms. The Bertz CT molecular complexity index is 569. The Kier molecular flexibility index (Phi) is 5.38. The summed E-state index contributed by atoms with van der Waals surface area (Å²) in [5, 5.41) is 0. The van der Waals surface area contributed by atoms with E-state index in [4.69, 9.17) is 4.74 Å². The van der Waals surface area contributed by atoms with Gasteiger partial charge in [0.25, 0.3) is 5.91 Å². The van der Waals surface area contributed by atoms with Crippen LogP contribution in [0.3, 0.4) is 0 Å². The Morgan fingerprint density at radius 2 is 2.13 bits per heavy atom. The Hall–Kier alpha value is -1.93. The molecular weight excluding hydrogens is 311 g/mol. The number of carbonyl (C=O) groups excluding carboxylic acids is 1. The number of amides is 1. The summed E-state index contributed by atoms with van der Waals surface area (Å²) in [5.41, 5.74) is 3.24. The lowest BCUT2D eigenvalue weighted by atomic mass is 9.87. The molecule has 126 valence electrons. The number of aromatic nitrogens is 1. The van der Waals surface area contributed by atoms with Crippen molar-refractivity contribution in [1.29, 1.82) is 0 Å². The van der Waals surface area contributed by atoms with E-state index in [1.807, 2.05) is 0 Å². The van der Waals surface area contributed by atoms with E-state index in [0.29, 0.717) is 32.5 Å². The first kappa shape index (κ1) is 17.4. The van der Waals surface area contributed by atoms with Crippen LogP contribution in [0.25, 0.3) is 0 Å². The van der Waals surface area contributed by atoms with E-state index in [9.17, 15) is 18.0 Å². The van der Waals surface area contributed by atoms with Crippen LogP contribution in [0.4, 0.5) is 13.2 Å². The standard InChI is InChI=1S/C15H18F3N3O2/c1-2-4-14(5-8-23-9-6-14)21-20-13(22)11-10-19-7-3-12(11)15(16,17)18/h2-3,7,10,21H,1,4-6,8-9H2,(H,20,22). The van der Waals surface area contributed by atoms with Crippen LogP contribution in [0.1, 0.15) is 35.2 Å². The third kappa shape index (κ3) is 4.29. The molecule has 8 heteroatoms. The lowest BCUT2D eigenvalue weighted by Gasteiger charge is -2.37. The Balaban J connectivity index is 2.11. The molecule has 1 fully saturated rings. The molecule has 0 aromatic carbocycles. The number of hydrogen-bond donors (Lipinski definition) is 2. The van der Waals surface area contributed by atoms with Gasteiger partial charge in [0.15, 0.2) is 0 Å². The molecule has 0 bridgehead atoms. The zero-order valence-corrected chi connectivity index (χ0v) is 12.4. The minimum absolute atomic E-state index is 0.462. The first-order chi connectivity index (χ1) is 10.9. The van der Waals surface area contributed by atoms with Gasteiger partial charge in [0.05, 0.1) is 11.1 Å². The van der Waals surface area contributed by atoms with Crippen molar-refractivity contribution in [2.24, 2.45) is 0 Å². The quantitative estimate of drug-likeness (QED) is 0.643. The Morgan fingerprint density at radius 3 is 2.74 bits per heavy atom. The highest BCUT2D eigenvalue weighted by molar-refractivity contribution is 5.95. The fourth-order valence-electron chi connectivity index (χ4n) is 2.50. The van der Waals surface area contributed by atoms with Gasteiger partial charge < -0.3 is 4.74 Å². The highest BCUT2D eigenvalue weighted by Gasteiger charge is 2.36. The summed E-state index contributed by atoms with van der Waals surface area (Å²) in [6, 6.07) is 0.781. The molecule has 1 aliphatic rings. The van der Waals surface area contributed by atoms with Gasteiger partial charge in [0.1, 0.15) is 0 Å². The normalized spacial score (nSPS) is 17.5.